The van der Waals surface area contributed by atoms with Crippen LogP contribution in [-0.4, -0.2) is 31.5 Å². The smallest absolute Gasteiger partial charge is 0.165 e. The highest BCUT2D eigenvalue weighted by Gasteiger charge is 2.13. The maximum Gasteiger partial charge on any atom is 0.165 e. The van der Waals surface area contributed by atoms with Crippen LogP contribution in [0.3, 0.4) is 0 Å². The minimum Gasteiger partial charge on any atom is -0.493 e. The lowest BCUT2D eigenvalue weighted by molar-refractivity contribution is 0.237. The van der Waals surface area contributed by atoms with Crippen molar-refractivity contribution in [1.82, 2.24) is 5.32 Å². The van der Waals surface area contributed by atoms with E-state index in [0.717, 1.165) is 12.0 Å². The van der Waals surface area contributed by atoms with Gasteiger partial charge in [-0.15, -0.1) is 0 Å². The van der Waals surface area contributed by atoms with E-state index < -0.39 is 0 Å². The second-order valence-electron chi connectivity index (χ2n) is 4.20. The van der Waals surface area contributed by atoms with E-state index in [1.54, 1.807) is 13.2 Å². The Morgan fingerprint density at radius 1 is 1.37 bits per heavy atom. The quantitative estimate of drug-likeness (QED) is 0.772. The Labute approximate surface area is 119 Å². The van der Waals surface area contributed by atoms with Crippen molar-refractivity contribution >= 4 is 11.6 Å². The summed E-state index contributed by atoms with van der Waals surface area (Å²) in [6, 6.07) is 3.66. The Kier molecular flexibility index (Phi) is 6.99. The van der Waals surface area contributed by atoms with Crippen LogP contribution in [0.5, 0.6) is 11.5 Å². The maximum atomic E-state index is 9.19. The molecule has 0 saturated carbocycles. The lowest BCUT2D eigenvalue weighted by Gasteiger charge is -2.18. The third-order valence-electron chi connectivity index (χ3n) is 2.90. The van der Waals surface area contributed by atoms with Crippen LogP contribution < -0.4 is 14.8 Å². The van der Waals surface area contributed by atoms with Crippen LogP contribution in [-0.2, 0) is 6.54 Å². The van der Waals surface area contributed by atoms with Crippen molar-refractivity contribution in [3.05, 3.63) is 22.7 Å². The van der Waals surface area contributed by atoms with Gasteiger partial charge in [0.1, 0.15) is 0 Å². The van der Waals surface area contributed by atoms with E-state index >= 15 is 0 Å². The highest BCUT2D eigenvalue weighted by Crippen LogP contribution is 2.34. The summed E-state index contributed by atoms with van der Waals surface area (Å²) in [5, 5.41) is 13.1. The number of aliphatic hydroxyl groups is 1. The van der Waals surface area contributed by atoms with Crippen molar-refractivity contribution in [3.63, 3.8) is 0 Å². The van der Waals surface area contributed by atoms with E-state index in [4.69, 9.17) is 21.1 Å². The average Bonchev–Trinajstić information content (AvgIpc) is 2.42. The van der Waals surface area contributed by atoms with Gasteiger partial charge in [0.25, 0.3) is 0 Å². The number of methoxy groups -OCH3 is 1. The van der Waals surface area contributed by atoms with Crippen LogP contribution >= 0.6 is 11.6 Å². The maximum absolute atomic E-state index is 9.19. The molecule has 1 atom stereocenters. The predicted molar refractivity (Wildman–Crippen MR) is 77.2 cm³/mol. The van der Waals surface area contributed by atoms with E-state index in [1.165, 1.54) is 0 Å². The third kappa shape index (κ3) is 4.56. The molecule has 19 heavy (non-hydrogen) atoms. The van der Waals surface area contributed by atoms with Crippen LogP contribution in [0.25, 0.3) is 0 Å². The summed E-state index contributed by atoms with van der Waals surface area (Å²) in [6.45, 7) is 5.19. The lowest BCUT2D eigenvalue weighted by Crippen LogP contribution is -2.31. The fourth-order valence-corrected chi connectivity index (χ4v) is 2.04. The molecule has 0 heterocycles. The van der Waals surface area contributed by atoms with Crippen LogP contribution in [0.2, 0.25) is 5.02 Å². The molecular formula is C14H22ClNO3. The normalized spacial score (nSPS) is 12.3. The molecule has 1 aromatic rings. The van der Waals surface area contributed by atoms with Crippen LogP contribution in [0.15, 0.2) is 12.1 Å². The molecule has 0 fully saturated rings. The first-order valence-corrected chi connectivity index (χ1v) is 6.87. The summed E-state index contributed by atoms with van der Waals surface area (Å²) >= 11 is 6.07. The molecule has 0 aliphatic rings. The first-order chi connectivity index (χ1) is 9.15. The van der Waals surface area contributed by atoms with Gasteiger partial charge in [0.2, 0.25) is 0 Å². The van der Waals surface area contributed by atoms with Gasteiger partial charge in [-0.2, -0.15) is 0 Å². The molecule has 2 N–H and O–H groups in total. The fourth-order valence-electron chi connectivity index (χ4n) is 1.81. The van der Waals surface area contributed by atoms with Crippen LogP contribution in [0, 0.1) is 0 Å². The molecule has 5 heteroatoms. The topological polar surface area (TPSA) is 50.7 Å². The molecule has 0 spiro atoms. The van der Waals surface area contributed by atoms with E-state index in [9.17, 15) is 5.11 Å². The molecule has 0 aliphatic heterocycles. The largest absolute Gasteiger partial charge is 0.493 e. The van der Waals surface area contributed by atoms with Gasteiger partial charge in [-0.05, 0) is 19.4 Å². The minimum absolute atomic E-state index is 0.0689. The molecule has 1 rings (SSSR count). The SMILES string of the molecule is CCOc1c(CN[C@H](CC)CO)cc(Cl)cc1OC. The van der Waals surface area contributed by atoms with Gasteiger partial charge in [0.15, 0.2) is 11.5 Å². The molecule has 0 aromatic heterocycles. The van der Waals surface area contributed by atoms with Crippen molar-refractivity contribution in [3.8, 4) is 11.5 Å². The fraction of sp³-hybridized carbons (Fsp3) is 0.571. The standard InChI is InChI=1S/C14H22ClNO3/c1-4-12(9-17)16-8-10-6-11(15)7-13(18-3)14(10)19-5-2/h6-7,12,16-17H,4-5,8-9H2,1-3H3/t12-/m1/s1. The Balaban J connectivity index is 2.93. The van der Waals surface area contributed by atoms with Crippen LogP contribution in [0.4, 0.5) is 0 Å². The van der Waals surface area contributed by atoms with Gasteiger partial charge in [0, 0.05) is 29.2 Å². The van der Waals surface area contributed by atoms with Gasteiger partial charge in [-0.3, -0.25) is 0 Å². The first-order valence-electron chi connectivity index (χ1n) is 6.49. The summed E-state index contributed by atoms with van der Waals surface area (Å²) in [4.78, 5) is 0. The Hall–Kier alpha value is -0.970. The highest BCUT2D eigenvalue weighted by atomic mass is 35.5. The Morgan fingerprint density at radius 3 is 2.63 bits per heavy atom. The summed E-state index contributed by atoms with van der Waals surface area (Å²) in [5.41, 5.74) is 0.929. The number of nitrogens with one attached hydrogen (secondary N) is 1. The summed E-state index contributed by atoms with van der Waals surface area (Å²) in [5.74, 6) is 1.33. The van der Waals surface area contributed by atoms with E-state index in [1.807, 2.05) is 19.9 Å². The Morgan fingerprint density at radius 2 is 2.11 bits per heavy atom. The number of hydrogen-bond donors (Lipinski definition) is 2. The van der Waals surface area contributed by atoms with Gasteiger partial charge < -0.3 is 19.9 Å². The lowest BCUT2D eigenvalue weighted by atomic mass is 10.1. The molecule has 1 aromatic carbocycles. The van der Waals surface area contributed by atoms with Crippen molar-refractivity contribution < 1.29 is 14.6 Å². The van der Waals surface area contributed by atoms with Crippen molar-refractivity contribution in [1.29, 1.82) is 0 Å². The molecule has 0 radical (unpaired) electrons. The number of rotatable bonds is 8. The van der Waals surface area contributed by atoms with Crippen molar-refractivity contribution in [2.75, 3.05) is 20.3 Å². The number of ether oxygens (including phenoxy) is 2. The number of aliphatic hydroxyl groups excluding tert-OH is 1. The summed E-state index contributed by atoms with van der Waals surface area (Å²) < 4.78 is 10.9. The molecule has 108 valence electrons. The summed E-state index contributed by atoms with van der Waals surface area (Å²) in [7, 11) is 1.59. The monoisotopic (exact) mass is 287 g/mol. The van der Waals surface area contributed by atoms with Gasteiger partial charge >= 0.3 is 0 Å². The van der Waals surface area contributed by atoms with E-state index in [-0.39, 0.29) is 12.6 Å². The number of hydrogen-bond acceptors (Lipinski definition) is 4. The molecular weight excluding hydrogens is 266 g/mol. The highest BCUT2D eigenvalue weighted by molar-refractivity contribution is 6.30. The second kappa shape index (κ2) is 8.25. The second-order valence-corrected chi connectivity index (χ2v) is 4.63. The average molecular weight is 288 g/mol. The number of benzene rings is 1. The predicted octanol–water partition coefficient (Wildman–Crippen LogP) is 2.61. The van der Waals surface area contributed by atoms with Crippen molar-refractivity contribution in [2.24, 2.45) is 0 Å². The van der Waals surface area contributed by atoms with Gasteiger partial charge in [-0.1, -0.05) is 18.5 Å². The molecule has 0 amide bonds. The molecule has 0 saturated heterocycles. The molecule has 0 unspecified atom stereocenters. The molecule has 4 nitrogen and oxygen atoms in total. The van der Waals surface area contributed by atoms with Crippen LogP contribution in [0.1, 0.15) is 25.8 Å². The number of halogens is 1. The van der Waals surface area contributed by atoms with Gasteiger partial charge in [-0.25, -0.2) is 0 Å². The summed E-state index contributed by atoms with van der Waals surface area (Å²) in [6.07, 6.45) is 0.859. The third-order valence-corrected chi connectivity index (χ3v) is 3.12. The van der Waals surface area contributed by atoms with E-state index in [2.05, 4.69) is 5.32 Å². The first kappa shape index (κ1) is 16.1. The van der Waals surface area contributed by atoms with E-state index in [0.29, 0.717) is 29.7 Å². The van der Waals surface area contributed by atoms with Gasteiger partial charge in [0.05, 0.1) is 20.3 Å². The zero-order valence-corrected chi connectivity index (χ0v) is 12.5. The Bertz CT molecular complexity index is 395. The molecule has 0 aliphatic carbocycles. The minimum atomic E-state index is 0.0689. The van der Waals surface area contributed by atoms with Crippen molar-refractivity contribution in [2.45, 2.75) is 32.9 Å². The zero-order chi connectivity index (χ0) is 14.3. The zero-order valence-electron chi connectivity index (χ0n) is 11.7. The molecule has 0 bridgehead atoms.